The van der Waals surface area contributed by atoms with Gasteiger partial charge >= 0.3 is 0 Å². The number of rotatable bonds is 2. The highest BCUT2D eigenvalue weighted by molar-refractivity contribution is 7.80. The van der Waals surface area contributed by atoms with E-state index in [9.17, 15) is 17.6 Å². The number of thiol groups is 1. The second kappa shape index (κ2) is 4.40. The maximum atomic E-state index is 13.2. The van der Waals surface area contributed by atoms with Crippen LogP contribution in [0.1, 0.15) is 23.5 Å². The van der Waals surface area contributed by atoms with Crippen molar-refractivity contribution in [3.63, 3.8) is 0 Å². The minimum absolute atomic E-state index is 0.186. The summed E-state index contributed by atoms with van der Waals surface area (Å²) in [5.74, 6) is -6.18. The number of hydrogen-bond donors (Lipinski definition) is 2. The molecule has 1 rings (SSSR count). The molecule has 0 heterocycles. The molecule has 0 aliphatic carbocycles. The third kappa shape index (κ3) is 1.96. The summed E-state index contributed by atoms with van der Waals surface area (Å²) in [6.45, 7) is 1.36. The van der Waals surface area contributed by atoms with Gasteiger partial charge in [0, 0.05) is 5.56 Å². The van der Waals surface area contributed by atoms with Crippen molar-refractivity contribution in [2.24, 2.45) is 0 Å². The molecule has 1 atom stereocenters. The van der Waals surface area contributed by atoms with Crippen LogP contribution in [0.3, 0.4) is 0 Å². The highest BCUT2D eigenvalue weighted by Gasteiger charge is 2.26. The Morgan fingerprint density at radius 2 is 1.47 bits per heavy atom. The van der Waals surface area contributed by atoms with Gasteiger partial charge in [0.25, 0.3) is 0 Å². The molecule has 0 radical (unpaired) electrons. The smallest absolute Gasteiger partial charge is 0.168 e. The molecule has 0 amide bonds. The summed E-state index contributed by atoms with van der Waals surface area (Å²) >= 11 is 3.33. The number of aliphatic hydroxyl groups is 1. The van der Waals surface area contributed by atoms with Gasteiger partial charge in [0.05, 0.1) is 5.56 Å². The Morgan fingerprint density at radius 1 is 1.07 bits per heavy atom. The summed E-state index contributed by atoms with van der Waals surface area (Å²) in [6, 6.07) is 0. The fourth-order valence-electron chi connectivity index (χ4n) is 1.23. The number of hydrogen-bond acceptors (Lipinski definition) is 2. The lowest BCUT2D eigenvalue weighted by Crippen LogP contribution is -2.09. The van der Waals surface area contributed by atoms with E-state index in [1.807, 2.05) is 0 Å². The van der Waals surface area contributed by atoms with E-state index in [0.717, 1.165) is 0 Å². The Balaban J connectivity index is 3.59. The fraction of sp³-hybridized carbons (Fsp3) is 0.333. The second-order valence-electron chi connectivity index (χ2n) is 2.88. The third-order valence-electron chi connectivity index (χ3n) is 2.00. The zero-order chi connectivity index (χ0) is 11.7. The topological polar surface area (TPSA) is 20.2 Å². The molecule has 0 spiro atoms. The number of halogens is 4. The molecule has 1 N–H and O–H groups in total. The summed E-state index contributed by atoms with van der Waals surface area (Å²) in [6.07, 6.45) is -0.186. The lowest BCUT2D eigenvalue weighted by atomic mass is 10.1. The predicted octanol–water partition coefficient (Wildman–Crippen LogP) is 2.73. The van der Waals surface area contributed by atoms with Crippen molar-refractivity contribution in [1.82, 2.24) is 0 Å². The molecule has 0 fully saturated rings. The fourth-order valence-corrected chi connectivity index (χ4v) is 1.46. The third-order valence-corrected chi connectivity index (χ3v) is 2.26. The van der Waals surface area contributed by atoms with Crippen molar-refractivity contribution in [2.45, 2.75) is 18.8 Å². The van der Waals surface area contributed by atoms with Gasteiger partial charge in [-0.05, 0) is 6.42 Å². The van der Waals surface area contributed by atoms with E-state index in [2.05, 4.69) is 12.6 Å². The molecule has 1 nitrogen and oxygen atoms in total. The van der Waals surface area contributed by atoms with Gasteiger partial charge in [-0.25, -0.2) is 17.6 Å². The van der Waals surface area contributed by atoms with Crippen molar-refractivity contribution in [1.29, 1.82) is 0 Å². The molecule has 0 saturated heterocycles. The zero-order valence-corrected chi connectivity index (χ0v) is 8.59. The minimum atomic E-state index is -1.90. The Kier molecular flexibility index (Phi) is 3.62. The van der Waals surface area contributed by atoms with Crippen LogP contribution < -0.4 is 0 Å². The van der Waals surface area contributed by atoms with Gasteiger partial charge in [0.1, 0.15) is 5.44 Å². The first-order chi connectivity index (χ1) is 6.91. The molecule has 6 heteroatoms. The van der Waals surface area contributed by atoms with E-state index in [1.54, 1.807) is 0 Å². The Bertz CT molecular complexity index is 363. The van der Waals surface area contributed by atoms with Crippen molar-refractivity contribution in [3.05, 3.63) is 34.4 Å². The molecule has 0 bridgehead atoms. The zero-order valence-electron chi connectivity index (χ0n) is 7.69. The van der Waals surface area contributed by atoms with Crippen LogP contribution >= 0.6 is 12.6 Å². The summed E-state index contributed by atoms with van der Waals surface area (Å²) in [7, 11) is 0. The minimum Gasteiger partial charge on any atom is -0.378 e. The van der Waals surface area contributed by atoms with Crippen LogP contribution in [-0.2, 0) is 6.42 Å². The molecule has 0 aliphatic rings. The van der Waals surface area contributed by atoms with Crippen molar-refractivity contribution >= 4 is 12.6 Å². The molecule has 0 aliphatic heterocycles. The molecule has 1 aromatic rings. The van der Waals surface area contributed by atoms with E-state index in [1.165, 1.54) is 6.92 Å². The van der Waals surface area contributed by atoms with Gasteiger partial charge in [-0.1, -0.05) is 6.92 Å². The van der Waals surface area contributed by atoms with Crippen molar-refractivity contribution < 1.29 is 22.7 Å². The summed E-state index contributed by atoms with van der Waals surface area (Å²) < 4.78 is 52.6. The molecular formula is C9H8F4OS. The molecule has 0 saturated carbocycles. The lowest BCUT2D eigenvalue weighted by Gasteiger charge is -2.11. The molecule has 15 heavy (non-hydrogen) atoms. The van der Waals surface area contributed by atoms with Gasteiger partial charge in [-0.2, -0.15) is 0 Å². The maximum absolute atomic E-state index is 13.2. The molecule has 0 aromatic heterocycles. The quantitative estimate of drug-likeness (QED) is 0.352. The average molecular weight is 240 g/mol. The van der Waals surface area contributed by atoms with E-state index in [-0.39, 0.29) is 6.42 Å². The van der Waals surface area contributed by atoms with E-state index in [4.69, 9.17) is 5.11 Å². The van der Waals surface area contributed by atoms with Crippen LogP contribution in [0.15, 0.2) is 0 Å². The van der Waals surface area contributed by atoms with E-state index in [0.29, 0.717) is 0 Å². The Hall–Kier alpha value is -0.750. The SMILES string of the molecule is CCc1c(F)c(F)c(C(O)S)c(F)c1F. The second-order valence-corrected chi connectivity index (χ2v) is 3.36. The Labute approximate surface area is 89.1 Å². The van der Waals surface area contributed by atoms with Gasteiger partial charge in [0.15, 0.2) is 23.3 Å². The molecule has 84 valence electrons. The maximum Gasteiger partial charge on any atom is 0.168 e. The summed E-state index contributed by atoms with van der Waals surface area (Å²) in [4.78, 5) is 0. The van der Waals surface area contributed by atoms with Gasteiger partial charge in [-0.3, -0.25) is 0 Å². The monoisotopic (exact) mass is 240 g/mol. The number of benzene rings is 1. The highest BCUT2D eigenvalue weighted by atomic mass is 32.1. The van der Waals surface area contributed by atoms with Crippen molar-refractivity contribution in [2.75, 3.05) is 0 Å². The van der Waals surface area contributed by atoms with E-state index >= 15 is 0 Å². The first-order valence-corrected chi connectivity index (χ1v) is 4.64. The van der Waals surface area contributed by atoms with Crippen LogP contribution in [0.2, 0.25) is 0 Å². The average Bonchev–Trinajstić information content (AvgIpc) is 2.16. The van der Waals surface area contributed by atoms with Crippen LogP contribution in [0.25, 0.3) is 0 Å². The van der Waals surface area contributed by atoms with Crippen LogP contribution in [0, 0.1) is 23.3 Å². The summed E-state index contributed by atoms with van der Waals surface area (Å²) in [5, 5.41) is 8.85. The molecule has 1 unspecified atom stereocenters. The van der Waals surface area contributed by atoms with Crippen molar-refractivity contribution in [3.8, 4) is 0 Å². The largest absolute Gasteiger partial charge is 0.378 e. The first kappa shape index (κ1) is 12.3. The van der Waals surface area contributed by atoms with Crippen LogP contribution in [0.5, 0.6) is 0 Å². The predicted molar refractivity (Wildman–Crippen MR) is 49.6 cm³/mol. The highest BCUT2D eigenvalue weighted by Crippen LogP contribution is 2.30. The summed E-state index contributed by atoms with van der Waals surface area (Å²) in [5.41, 5.74) is -3.69. The standard InChI is InChI=1S/C9H8F4OS/c1-2-3-5(10)7(12)4(9(14)15)8(13)6(3)11/h9,14-15H,2H2,1H3. The normalized spacial score (nSPS) is 13.0. The van der Waals surface area contributed by atoms with Crippen LogP contribution in [-0.4, -0.2) is 5.11 Å². The Morgan fingerprint density at radius 3 is 1.73 bits per heavy atom. The molecule has 1 aromatic carbocycles. The van der Waals surface area contributed by atoms with Gasteiger partial charge in [0.2, 0.25) is 0 Å². The van der Waals surface area contributed by atoms with Gasteiger partial charge < -0.3 is 5.11 Å². The van der Waals surface area contributed by atoms with E-state index < -0.39 is 39.8 Å². The lowest BCUT2D eigenvalue weighted by molar-refractivity contribution is 0.253. The first-order valence-electron chi connectivity index (χ1n) is 4.12. The number of aliphatic hydroxyl groups excluding tert-OH is 1. The molecular weight excluding hydrogens is 232 g/mol. The van der Waals surface area contributed by atoms with Gasteiger partial charge in [-0.15, -0.1) is 12.6 Å². The van der Waals surface area contributed by atoms with Crippen LogP contribution in [0.4, 0.5) is 17.6 Å².